The van der Waals surface area contributed by atoms with Gasteiger partial charge in [-0.25, -0.2) is 0 Å². The van der Waals surface area contributed by atoms with Gasteiger partial charge in [0.1, 0.15) is 5.01 Å². The molecule has 0 radical (unpaired) electrons. The van der Waals surface area contributed by atoms with E-state index in [0.29, 0.717) is 0 Å². The SMILES string of the molecule is CCOCCC(Br)OCC. The summed E-state index contributed by atoms with van der Waals surface area (Å²) in [5, 5.41) is 0.157. The van der Waals surface area contributed by atoms with E-state index in [1.165, 1.54) is 0 Å². The highest BCUT2D eigenvalue weighted by molar-refractivity contribution is 9.09. The van der Waals surface area contributed by atoms with Crippen LogP contribution in [0.2, 0.25) is 0 Å². The molecule has 0 N–H and O–H groups in total. The first kappa shape index (κ1) is 10.4. The van der Waals surface area contributed by atoms with Crippen LogP contribution in [-0.4, -0.2) is 24.8 Å². The van der Waals surface area contributed by atoms with Gasteiger partial charge in [0, 0.05) is 26.2 Å². The zero-order chi connectivity index (χ0) is 7.82. The molecule has 0 aromatic carbocycles. The highest BCUT2D eigenvalue weighted by Gasteiger charge is 2.00. The molecule has 0 aromatic rings. The van der Waals surface area contributed by atoms with Gasteiger partial charge in [-0.15, -0.1) is 0 Å². The fraction of sp³-hybridized carbons (Fsp3) is 1.00. The van der Waals surface area contributed by atoms with Crippen LogP contribution in [0.4, 0.5) is 0 Å². The second-order valence-electron chi connectivity index (χ2n) is 1.85. The van der Waals surface area contributed by atoms with E-state index in [4.69, 9.17) is 9.47 Å². The molecule has 0 aromatic heterocycles. The third kappa shape index (κ3) is 6.52. The van der Waals surface area contributed by atoms with Crippen molar-refractivity contribution in [2.75, 3.05) is 19.8 Å². The van der Waals surface area contributed by atoms with Crippen molar-refractivity contribution < 1.29 is 9.47 Å². The topological polar surface area (TPSA) is 18.5 Å². The van der Waals surface area contributed by atoms with Gasteiger partial charge in [0.2, 0.25) is 0 Å². The molecule has 0 spiro atoms. The molecule has 0 saturated heterocycles. The highest BCUT2D eigenvalue weighted by atomic mass is 79.9. The Morgan fingerprint density at radius 3 is 2.50 bits per heavy atom. The van der Waals surface area contributed by atoms with Crippen LogP contribution in [0.15, 0.2) is 0 Å². The summed E-state index contributed by atoms with van der Waals surface area (Å²) in [7, 11) is 0. The summed E-state index contributed by atoms with van der Waals surface area (Å²) in [5.74, 6) is 0. The van der Waals surface area contributed by atoms with Crippen molar-refractivity contribution >= 4 is 15.9 Å². The minimum absolute atomic E-state index is 0.157. The summed E-state index contributed by atoms with van der Waals surface area (Å²) in [5.41, 5.74) is 0. The maximum Gasteiger partial charge on any atom is 0.114 e. The largest absolute Gasteiger partial charge is 0.382 e. The maximum atomic E-state index is 5.23. The molecule has 1 atom stereocenters. The Kier molecular flexibility index (Phi) is 7.81. The van der Waals surface area contributed by atoms with E-state index >= 15 is 0 Å². The summed E-state index contributed by atoms with van der Waals surface area (Å²) in [6.45, 7) is 6.28. The van der Waals surface area contributed by atoms with Gasteiger partial charge >= 0.3 is 0 Å². The molecule has 0 heterocycles. The van der Waals surface area contributed by atoms with Gasteiger partial charge in [-0.3, -0.25) is 0 Å². The van der Waals surface area contributed by atoms with Crippen LogP contribution in [-0.2, 0) is 9.47 Å². The molecule has 0 aliphatic rings. The lowest BCUT2D eigenvalue weighted by atomic mass is 10.5. The standard InChI is InChI=1S/C7H15BrO2/c1-3-9-6-5-7(8)10-4-2/h7H,3-6H2,1-2H3. The third-order valence-electron chi connectivity index (χ3n) is 1.04. The number of hydrogen-bond donors (Lipinski definition) is 0. The van der Waals surface area contributed by atoms with E-state index in [1.54, 1.807) is 0 Å². The summed E-state index contributed by atoms with van der Waals surface area (Å²) in [6.07, 6.45) is 0.918. The Labute approximate surface area is 71.0 Å². The van der Waals surface area contributed by atoms with E-state index in [2.05, 4.69) is 15.9 Å². The monoisotopic (exact) mass is 210 g/mol. The zero-order valence-electron chi connectivity index (χ0n) is 6.60. The Morgan fingerprint density at radius 1 is 1.30 bits per heavy atom. The maximum absolute atomic E-state index is 5.23. The first-order valence-corrected chi connectivity index (χ1v) is 4.56. The average Bonchev–Trinajstić information content (AvgIpc) is 1.89. The first-order valence-electron chi connectivity index (χ1n) is 3.64. The second-order valence-corrected chi connectivity index (χ2v) is 2.87. The predicted octanol–water partition coefficient (Wildman–Crippen LogP) is 2.17. The summed E-state index contributed by atoms with van der Waals surface area (Å²) in [6, 6.07) is 0. The van der Waals surface area contributed by atoms with Crippen LogP contribution in [0.25, 0.3) is 0 Å². The lowest BCUT2D eigenvalue weighted by Crippen LogP contribution is -2.07. The number of halogens is 1. The smallest absolute Gasteiger partial charge is 0.114 e. The minimum Gasteiger partial charge on any atom is -0.382 e. The average molecular weight is 211 g/mol. The highest BCUT2D eigenvalue weighted by Crippen LogP contribution is 2.06. The van der Waals surface area contributed by atoms with E-state index in [0.717, 1.165) is 26.2 Å². The Morgan fingerprint density at radius 2 is 2.00 bits per heavy atom. The normalized spacial score (nSPS) is 13.5. The molecule has 1 unspecified atom stereocenters. The summed E-state index contributed by atoms with van der Waals surface area (Å²) in [4.78, 5) is 0. The molecule has 62 valence electrons. The number of alkyl halides is 1. The molecular weight excluding hydrogens is 196 g/mol. The van der Waals surface area contributed by atoms with E-state index in [-0.39, 0.29) is 5.01 Å². The fourth-order valence-corrected chi connectivity index (χ4v) is 1.04. The molecule has 10 heavy (non-hydrogen) atoms. The van der Waals surface area contributed by atoms with Crippen LogP contribution < -0.4 is 0 Å². The van der Waals surface area contributed by atoms with Crippen LogP contribution in [0.1, 0.15) is 20.3 Å². The van der Waals surface area contributed by atoms with Crippen LogP contribution >= 0.6 is 15.9 Å². The molecule has 3 heteroatoms. The lowest BCUT2D eigenvalue weighted by molar-refractivity contribution is 0.0803. The van der Waals surface area contributed by atoms with Crippen LogP contribution in [0.3, 0.4) is 0 Å². The molecule has 0 bridgehead atoms. The van der Waals surface area contributed by atoms with Gasteiger partial charge in [-0.05, 0) is 13.8 Å². The quantitative estimate of drug-likeness (QED) is 0.495. The Balaban J connectivity index is 2.97. The molecule has 2 nitrogen and oxygen atoms in total. The Bertz CT molecular complexity index is 68.6. The molecule has 0 fully saturated rings. The van der Waals surface area contributed by atoms with Gasteiger partial charge in [-0.2, -0.15) is 0 Å². The van der Waals surface area contributed by atoms with Crippen molar-refractivity contribution in [3.63, 3.8) is 0 Å². The molecule has 0 aliphatic heterocycles. The van der Waals surface area contributed by atoms with Crippen molar-refractivity contribution in [2.45, 2.75) is 25.3 Å². The van der Waals surface area contributed by atoms with Crippen molar-refractivity contribution in [1.29, 1.82) is 0 Å². The van der Waals surface area contributed by atoms with Crippen molar-refractivity contribution in [3.8, 4) is 0 Å². The van der Waals surface area contributed by atoms with Crippen LogP contribution in [0, 0.1) is 0 Å². The second kappa shape index (κ2) is 7.51. The van der Waals surface area contributed by atoms with Gasteiger partial charge in [0.25, 0.3) is 0 Å². The predicted molar refractivity (Wildman–Crippen MR) is 45.5 cm³/mol. The van der Waals surface area contributed by atoms with Gasteiger partial charge < -0.3 is 9.47 Å². The first-order chi connectivity index (χ1) is 4.81. The Hall–Kier alpha value is 0.400. The van der Waals surface area contributed by atoms with E-state index in [1.807, 2.05) is 13.8 Å². The van der Waals surface area contributed by atoms with Crippen molar-refractivity contribution in [1.82, 2.24) is 0 Å². The molecule has 0 saturated carbocycles. The molecule has 0 amide bonds. The summed E-state index contributed by atoms with van der Waals surface area (Å²) >= 11 is 3.37. The zero-order valence-corrected chi connectivity index (χ0v) is 8.19. The van der Waals surface area contributed by atoms with Gasteiger partial charge in [0.05, 0.1) is 0 Å². The van der Waals surface area contributed by atoms with E-state index in [9.17, 15) is 0 Å². The third-order valence-corrected chi connectivity index (χ3v) is 1.76. The van der Waals surface area contributed by atoms with Crippen molar-refractivity contribution in [2.24, 2.45) is 0 Å². The summed E-state index contributed by atoms with van der Waals surface area (Å²) < 4.78 is 10.4. The van der Waals surface area contributed by atoms with Gasteiger partial charge in [0.15, 0.2) is 0 Å². The number of rotatable bonds is 6. The molecule has 0 rings (SSSR count). The molecule has 0 aliphatic carbocycles. The number of ether oxygens (including phenoxy) is 2. The van der Waals surface area contributed by atoms with Crippen LogP contribution in [0.5, 0.6) is 0 Å². The van der Waals surface area contributed by atoms with E-state index < -0.39 is 0 Å². The fourth-order valence-electron chi connectivity index (χ4n) is 0.585. The van der Waals surface area contributed by atoms with Gasteiger partial charge in [-0.1, -0.05) is 15.9 Å². The molecular formula is C7H15BrO2. The lowest BCUT2D eigenvalue weighted by Gasteiger charge is -2.08. The minimum atomic E-state index is 0.157. The number of hydrogen-bond acceptors (Lipinski definition) is 2. The van der Waals surface area contributed by atoms with Crippen molar-refractivity contribution in [3.05, 3.63) is 0 Å².